The lowest BCUT2D eigenvalue weighted by molar-refractivity contribution is -0.141. The number of hydrogen-bond acceptors (Lipinski definition) is 3. The van der Waals surface area contributed by atoms with Crippen LogP contribution in [0.1, 0.15) is 144 Å². The van der Waals surface area contributed by atoms with Crippen molar-refractivity contribution >= 4 is 48.8 Å². The van der Waals surface area contributed by atoms with Crippen molar-refractivity contribution in [2.45, 2.75) is 134 Å². The van der Waals surface area contributed by atoms with Crippen molar-refractivity contribution < 1.29 is 17.9 Å². The van der Waals surface area contributed by atoms with Crippen LogP contribution in [0.15, 0.2) is 157 Å². The van der Waals surface area contributed by atoms with Gasteiger partial charge in [-0.05, 0) is 227 Å². The van der Waals surface area contributed by atoms with Crippen molar-refractivity contribution in [1.82, 2.24) is 0 Å². The van der Waals surface area contributed by atoms with E-state index in [1.165, 1.54) is 73.4 Å². The van der Waals surface area contributed by atoms with Gasteiger partial charge >= 0.3 is 6.18 Å². The molecule has 1 aliphatic carbocycles. The summed E-state index contributed by atoms with van der Waals surface area (Å²) in [6.45, 7) is 48.3. The molecule has 0 aliphatic heterocycles. The van der Waals surface area contributed by atoms with Crippen molar-refractivity contribution in [3.63, 3.8) is 0 Å². The Balaban J connectivity index is 0.000000283. The molecule has 6 aromatic carbocycles. The van der Waals surface area contributed by atoms with Gasteiger partial charge in [0.2, 0.25) is 0 Å². The zero-order valence-corrected chi connectivity index (χ0v) is 49.4. The predicted octanol–water partition coefficient (Wildman–Crippen LogP) is 20.4. The molecule has 0 spiro atoms. The smallest absolute Gasteiger partial charge is 0.399 e. The fraction of sp³-hybridized carbons (Fsp3) is 0.314. The average molecular weight is 1060 g/mol. The van der Waals surface area contributed by atoms with Crippen molar-refractivity contribution in [2.24, 2.45) is 0 Å². The van der Waals surface area contributed by atoms with E-state index in [1.54, 1.807) is 30.3 Å². The molecule has 0 fully saturated rings. The number of halogens is 3. The Morgan fingerprint density at radius 3 is 1.73 bits per heavy atom. The van der Waals surface area contributed by atoms with E-state index in [1.807, 2.05) is 26.8 Å². The fourth-order valence-electron chi connectivity index (χ4n) is 11.2. The second kappa shape index (κ2) is 25.7. The minimum Gasteiger partial charge on any atom is -0.465 e. The van der Waals surface area contributed by atoms with E-state index >= 15 is 0 Å². The highest BCUT2D eigenvalue weighted by atomic mass is 31.1. The number of ether oxygens (including phenoxy) is 1. The number of benzene rings is 6. The van der Waals surface area contributed by atoms with Crippen LogP contribution >= 0.6 is 8.58 Å². The Morgan fingerprint density at radius 2 is 1.22 bits per heavy atom. The molecule has 3 nitrogen and oxygen atoms in total. The van der Waals surface area contributed by atoms with Gasteiger partial charge in [0, 0.05) is 47.5 Å². The number of aryl methyl sites for hydroxylation is 9. The van der Waals surface area contributed by atoms with E-state index in [0.29, 0.717) is 0 Å². The molecule has 0 N–H and O–H groups in total. The van der Waals surface area contributed by atoms with E-state index in [4.69, 9.17) is 4.74 Å². The highest BCUT2D eigenvalue weighted by Crippen LogP contribution is 2.45. The molecule has 3 atom stereocenters. The topological polar surface area (TPSA) is 15.7 Å². The summed E-state index contributed by atoms with van der Waals surface area (Å²) >= 11 is 0. The van der Waals surface area contributed by atoms with Crippen molar-refractivity contribution in [3.05, 3.63) is 235 Å². The maximum atomic E-state index is 14.4. The zero-order chi connectivity index (χ0) is 56.6. The van der Waals surface area contributed by atoms with Crippen LogP contribution in [0.5, 0.6) is 5.75 Å². The van der Waals surface area contributed by atoms with Crippen LogP contribution in [0.25, 0.3) is 12.2 Å². The number of hydrogen-bond donors (Lipinski definition) is 0. The Morgan fingerprint density at radius 1 is 0.688 bits per heavy atom. The lowest BCUT2D eigenvalue weighted by atomic mass is 9.88. The van der Waals surface area contributed by atoms with Crippen molar-refractivity contribution in [3.8, 4) is 5.75 Å². The largest absolute Gasteiger partial charge is 0.465 e. The number of allylic oxidation sites excluding steroid dienone is 5. The van der Waals surface area contributed by atoms with Gasteiger partial charge in [-0.15, -0.1) is 0 Å². The standard InChI is InChI=1S/C43H47F3NP.C27H35NO/c1-11-47(42-31(8)18-25(2)19-32(42)9)37-16-14-34-23-38(28(5)20-29(6)39(34)24-37)33(10)48-40-17-15-36(22-30(40)7)41(43(44,45)46)35-13-12-26(3)27(4)21-35;1-9-12-20(5)21(6)17-24-13-14-25(18-26(24)29-11-3)28(10-2)27-22(7)15-19(4)16-23(27)8/h12-19,21-24,29,41,48H,5,10-11,20H2,1-4,6-9H3;11,13-18H,3,5,9-10,12H2,1-2,4,6-8H3/b;21-17+. The number of anilines is 4. The summed E-state index contributed by atoms with van der Waals surface area (Å²) in [5, 5.41) is 1.94. The van der Waals surface area contributed by atoms with Gasteiger partial charge in [-0.25, -0.2) is 0 Å². The molecule has 7 rings (SSSR count). The molecule has 0 saturated heterocycles. The van der Waals surface area contributed by atoms with Gasteiger partial charge in [0.1, 0.15) is 11.7 Å². The summed E-state index contributed by atoms with van der Waals surface area (Å²) in [4.78, 5) is 4.74. The molecule has 0 amide bonds. The molecule has 1 aliphatic rings. The normalized spacial score (nSPS) is 14.0. The minimum atomic E-state index is -4.40. The van der Waals surface area contributed by atoms with Gasteiger partial charge in [-0.3, -0.25) is 0 Å². The van der Waals surface area contributed by atoms with Crippen LogP contribution in [0.4, 0.5) is 35.9 Å². The SMILES string of the molecule is C=C1CC(C)c2cc(N(CC)c3c(C)cc(C)cc3C)ccc2C=C1C(=C)Pc1ccc(C(c2ccc(C)c(C)c2)C(F)(F)F)cc1C.C=COc1cc(N(CC)c2c(C)cc(C)cc2C)ccc1/C=C(\C)C(=C)CCC. The molecule has 0 heterocycles. The molecule has 404 valence electrons. The summed E-state index contributed by atoms with van der Waals surface area (Å²) in [6.07, 6.45) is 4.36. The Labute approximate surface area is 462 Å². The molecule has 7 heteroatoms. The summed E-state index contributed by atoms with van der Waals surface area (Å²) in [5.74, 6) is -0.602. The van der Waals surface area contributed by atoms with E-state index < -0.39 is 12.1 Å². The molecule has 0 saturated carbocycles. The zero-order valence-electron chi connectivity index (χ0n) is 48.4. The second-order valence-electron chi connectivity index (χ2n) is 21.2. The molecule has 0 bridgehead atoms. The van der Waals surface area contributed by atoms with E-state index in [9.17, 15) is 13.2 Å². The summed E-state index contributed by atoms with van der Waals surface area (Å²) < 4.78 is 49.1. The van der Waals surface area contributed by atoms with E-state index in [-0.39, 0.29) is 25.6 Å². The van der Waals surface area contributed by atoms with Crippen molar-refractivity contribution in [1.29, 1.82) is 0 Å². The third-order valence-electron chi connectivity index (χ3n) is 15.0. The average Bonchev–Trinajstić information content (AvgIpc) is 3.49. The van der Waals surface area contributed by atoms with Crippen LogP contribution in [-0.2, 0) is 0 Å². The summed E-state index contributed by atoms with van der Waals surface area (Å²) in [7, 11) is 0.217. The molecule has 77 heavy (non-hydrogen) atoms. The van der Waals surface area contributed by atoms with Crippen LogP contribution in [0.2, 0.25) is 0 Å². The van der Waals surface area contributed by atoms with Gasteiger partial charge in [-0.1, -0.05) is 139 Å². The fourth-order valence-corrected chi connectivity index (χ4v) is 12.3. The molecule has 3 unspecified atom stereocenters. The highest BCUT2D eigenvalue weighted by molar-refractivity contribution is 7.52. The lowest BCUT2D eigenvalue weighted by Crippen LogP contribution is -2.23. The van der Waals surface area contributed by atoms with Crippen LogP contribution in [0, 0.1) is 62.3 Å². The number of rotatable bonds is 17. The number of alkyl halides is 3. The van der Waals surface area contributed by atoms with Crippen molar-refractivity contribution in [2.75, 3.05) is 22.9 Å². The molecule has 0 radical (unpaired) electrons. The quantitative estimate of drug-likeness (QED) is 0.0514. The monoisotopic (exact) mass is 1050 g/mol. The van der Waals surface area contributed by atoms with E-state index in [0.717, 1.165) is 93.4 Å². The molecular weight excluding hydrogens is 973 g/mol. The Hall–Kier alpha value is -6.62. The van der Waals surface area contributed by atoms with Gasteiger partial charge in [0.05, 0.1) is 6.26 Å². The maximum Gasteiger partial charge on any atom is 0.399 e. The van der Waals surface area contributed by atoms with Gasteiger partial charge < -0.3 is 14.5 Å². The Kier molecular flexibility index (Phi) is 19.9. The van der Waals surface area contributed by atoms with Gasteiger partial charge in [0.15, 0.2) is 0 Å². The first kappa shape index (κ1) is 59.6. The molecular formula is C70H82F3N2OP. The first-order valence-electron chi connectivity index (χ1n) is 27.1. The second-order valence-corrected chi connectivity index (χ2v) is 22.6. The molecule has 0 aromatic heterocycles. The highest BCUT2D eigenvalue weighted by Gasteiger charge is 2.42. The number of fused-ring (bicyclic) bond motifs is 1. The number of nitrogens with zero attached hydrogens (tertiary/aromatic N) is 2. The van der Waals surface area contributed by atoms with E-state index in [2.05, 4.69) is 185 Å². The predicted molar refractivity (Wildman–Crippen MR) is 330 cm³/mol. The van der Waals surface area contributed by atoms with Crippen LogP contribution in [0.3, 0.4) is 0 Å². The third-order valence-corrected chi connectivity index (χ3v) is 16.4. The Bertz CT molecular complexity index is 3210. The summed E-state index contributed by atoms with van der Waals surface area (Å²) in [6, 6.07) is 32.3. The first-order chi connectivity index (χ1) is 36.4. The lowest BCUT2D eigenvalue weighted by Gasteiger charge is -2.28. The minimum absolute atomic E-state index is 0.217. The van der Waals surface area contributed by atoms with Gasteiger partial charge in [0.25, 0.3) is 0 Å². The molecule has 6 aromatic rings. The van der Waals surface area contributed by atoms with Gasteiger partial charge in [-0.2, -0.15) is 13.2 Å². The third kappa shape index (κ3) is 14.1. The van der Waals surface area contributed by atoms with Crippen LogP contribution < -0.4 is 19.8 Å². The maximum absolute atomic E-state index is 14.4. The summed E-state index contributed by atoms with van der Waals surface area (Å²) in [5.41, 5.74) is 23.6. The van der Waals surface area contributed by atoms with Crippen LogP contribution in [-0.4, -0.2) is 19.3 Å². The first-order valence-corrected chi connectivity index (χ1v) is 28.1.